The molecule has 0 saturated heterocycles. The average Bonchev–Trinajstić information content (AvgIpc) is 2.13. The first-order valence-corrected chi connectivity index (χ1v) is 5.89. The maximum absolute atomic E-state index is 11.4. The van der Waals surface area contributed by atoms with E-state index in [1.807, 2.05) is 6.92 Å². The van der Waals surface area contributed by atoms with Gasteiger partial charge in [-0.15, -0.1) is 0 Å². The van der Waals surface area contributed by atoms with Gasteiger partial charge in [-0.3, -0.25) is 4.79 Å². The molecule has 0 aromatic heterocycles. The van der Waals surface area contributed by atoms with Gasteiger partial charge in [0.2, 0.25) is 0 Å². The van der Waals surface area contributed by atoms with E-state index in [9.17, 15) is 9.59 Å². The monoisotopic (exact) mass is 289 g/mol. The van der Waals surface area contributed by atoms with Gasteiger partial charge in [-0.05, 0) is 13.3 Å². The van der Waals surface area contributed by atoms with Crippen LogP contribution in [0.2, 0.25) is 0 Å². The summed E-state index contributed by atoms with van der Waals surface area (Å²) in [6.45, 7) is 3.30. The standard InChI is InChI=1S/C9H14Cl3NO3/c1-3-4-5-8(2,7(15)16)13-6(14)9(10,11)12/h3-5H2,1-2H3,(H,13,14)(H,15,16)/t8-/m0/s1. The molecular formula is C9H14Cl3NO3. The molecule has 0 aromatic rings. The highest BCUT2D eigenvalue weighted by Gasteiger charge is 2.40. The van der Waals surface area contributed by atoms with Crippen molar-refractivity contribution < 1.29 is 14.7 Å². The van der Waals surface area contributed by atoms with Crippen LogP contribution in [0.25, 0.3) is 0 Å². The molecular weight excluding hydrogens is 276 g/mol. The maximum atomic E-state index is 11.4. The molecule has 0 aromatic carbocycles. The van der Waals surface area contributed by atoms with Gasteiger partial charge in [0.25, 0.3) is 9.70 Å². The third kappa shape index (κ3) is 4.76. The molecule has 0 aliphatic heterocycles. The van der Waals surface area contributed by atoms with E-state index in [0.717, 1.165) is 6.42 Å². The molecule has 16 heavy (non-hydrogen) atoms. The molecule has 4 nitrogen and oxygen atoms in total. The molecule has 7 heteroatoms. The van der Waals surface area contributed by atoms with E-state index < -0.39 is 21.2 Å². The van der Waals surface area contributed by atoms with E-state index in [0.29, 0.717) is 6.42 Å². The van der Waals surface area contributed by atoms with E-state index in [4.69, 9.17) is 39.9 Å². The van der Waals surface area contributed by atoms with Crippen molar-refractivity contribution in [2.45, 2.75) is 42.4 Å². The number of hydrogen-bond acceptors (Lipinski definition) is 2. The molecule has 0 spiro atoms. The number of carboxylic acid groups (broad SMARTS) is 1. The van der Waals surface area contributed by atoms with Gasteiger partial charge in [-0.1, -0.05) is 54.6 Å². The lowest BCUT2D eigenvalue weighted by atomic mass is 9.95. The Morgan fingerprint density at radius 1 is 1.31 bits per heavy atom. The van der Waals surface area contributed by atoms with Crippen molar-refractivity contribution in [3.63, 3.8) is 0 Å². The summed E-state index contributed by atoms with van der Waals surface area (Å²) in [7, 11) is 0. The third-order valence-corrected chi connectivity index (χ3v) is 2.66. The number of rotatable bonds is 5. The van der Waals surface area contributed by atoms with Crippen LogP contribution in [0.1, 0.15) is 33.1 Å². The molecule has 0 rings (SSSR count). The van der Waals surface area contributed by atoms with Crippen LogP contribution in [0.5, 0.6) is 0 Å². The molecule has 0 unspecified atom stereocenters. The Morgan fingerprint density at radius 3 is 2.12 bits per heavy atom. The first-order chi connectivity index (χ1) is 7.13. The number of carboxylic acids is 1. The first-order valence-electron chi connectivity index (χ1n) is 4.76. The molecule has 1 atom stereocenters. The summed E-state index contributed by atoms with van der Waals surface area (Å²) in [6.07, 6.45) is 1.75. The number of amides is 1. The number of alkyl halides is 3. The predicted octanol–water partition coefficient (Wildman–Crippen LogP) is 2.51. The largest absolute Gasteiger partial charge is 0.480 e. The smallest absolute Gasteiger partial charge is 0.329 e. The quantitative estimate of drug-likeness (QED) is 0.765. The molecule has 0 heterocycles. The lowest BCUT2D eigenvalue weighted by Gasteiger charge is -2.27. The van der Waals surface area contributed by atoms with Crippen molar-refractivity contribution in [1.82, 2.24) is 5.32 Å². The average molecular weight is 291 g/mol. The zero-order valence-corrected chi connectivity index (χ0v) is 11.3. The van der Waals surface area contributed by atoms with Gasteiger partial charge in [0, 0.05) is 0 Å². The first kappa shape index (κ1) is 15.8. The van der Waals surface area contributed by atoms with Gasteiger partial charge in [-0.25, -0.2) is 4.79 Å². The molecule has 0 bridgehead atoms. The second-order valence-corrected chi connectivity index (χ2v) is 5.97. The van der Waals surface area contributed by atoms with Crippen LogP contribution < -0.4 is 5.32 Å². The summed E-state index contributed by atoms with van der Waals surface area (Å²) < 4.78 is -2.15. The van der Waals surface area contributed by atoms with Gasteiger partial charge in [0.1, 0.15) is 5.54 Å². The Balaban J connectivity index is 4.69. The maximum Gasteiger partial charge on any atom is 0.329 e. The zero-order valence-electron chi connectivity index (χ0n) is 9.02. The Hall–Kier alpha value is -0.190. The number of aliphatic carboxylic acids is 1. The SMILES string of the molecule is CCCC[C@](C)(NC(=O)C(Cl)(Cl)Cl)C(=O)O. The fourth-order valence-electron chi connectivity index (χ4n) is 1.07. The molecule has 0 radical (unpaired) electrons. The zero-order chi connectivity index (χ0) is 13.0. The highest BCUT2D eigenvalue weighted by atomic mass is 35.6. The lowest BCUT2D eigenvalue weighted by Crippen LogP contribution is -2.55. The molecule has 94 valence electrons. The van der Waals surface area contributed by atoms with Gasteiger partial charge in [-0.2, -0.15) is 0 Å². The number of hydrogen-bond donors (Lipinski definition) is 2. The van der Waals surface area contributed by atoms with Crippen LogP contribution in [0.3, 0.4) is 0 Å². The van der Waals surface area contributed by atoms with Gasteiger partial charge < -0.3 is 10.4 Å². The number of nitrogens with one attached hydrogen (secondary N) is 1. The van der Waals surface area contributed by atoms with Crippen molar-refractivity contribution in [2.75, 3.05) is 0 Å². The molecule has 2 N–H and O–H groups in total. The van der Waals surface area contributed by atoms with E-state index in [1.165, 1.54) is 6.92 Å². The van der Waals surface area contributed by atoms with Crippen molar-refractivity contribution in [3.8, 4) is 0 Å². The molecule has 0 saturated carbocycles. The van der Waals surface area contributed by atoms with Crippen LogP contribution in [0.15, 0.2) is 0 Å². The highest BCUT2D eigenvalue weighted by Crippen LogP contribution is 2.27. The summed E-state index contributed by atoms with van der Waals surface area (Å²) in [6, 6.07) is 0. The predicted molar refractivity (Wildman–Crippen MR) is 64.0 cm³/mol. The van der Waals surface area contributed by atoms with Gasteiger partial charge in [0.05, 0.1) is 0 Å². The van der Waals surface area contributed by atoms with Crippen LogP contribution in [0, 0.1) is 0 Å². The van der Waals surface area contributed by atoms with Crippen LogP contribution in [0.4, 0.5) is 0 Å². The Morgan fingerprint density at radius 2 is 1.81 bits per heavy atom. The summed E-state index contributed by atoms with van der Waals surface area (Å²) in [5, 5.41) is 11.3. The summed E-state index contributed by atoms with van der Waals surface area (Å²) in [5.41, 5.74) is -1.41. The second kappa shape index (κ2) is 5.94. The Kier molecular flexibility index (Phi) is 5.87. The number of carbonyl (C=O) groups excluding carboxylic acids is 1. The van der Waals surface area contributed by atoms with E-state index in [1.54, 1.807) is 0 Å². The molecule has 0 fully saturated rings. The fraction of sp³-hybridized carbons (Fsp3) is 0.778. The summed E-state index contributed by atoms with van der Waals surface area (Å²) in [4.78, 5) is 22.4. The minimum atomic E-state index is -2.15. The molecule has 0 aliphatic carbocycles. The van der Waals surface area contributed by atoms with E-state index >= 15 is 0 Å². The Labute approximate surface area is 109 Å². The molecule has 0 aliphatic rings. The van der Waals surface area contributed by atoms with Crippen molar-refractivity contribution in [3.05, 3.63) is 0 Å². The fourth-order valence-corrected chi connectivity index (χ4v) is 1.22. The third-order valence-electron chi connectivity index (χ3n) is 2.15. The minimum Gasteiger partial charge on any atom is -0.480 e. The highest BCUT2D eigenvalue weighted by molar-refractivity contribution is 6.76. The Bertz CT molecular complexity index is 278. The van der Waals surface area contributed by atoms with Gasteiger partial charge >= 0.3 is 5.97 Å². The summed E-state index contributed by atoms with van der Waals surface area (Å²) in [5.74, 6) is -2.08. The van der Waals surface area contributed by atoms with E-state index in [2.05, 4.69) is 5.32 Å². The topological polar surface area (TPSA) is 66.4 Å². The number of carbonyl (C=O) groups is 2. The van der Waals surface area contributed by atoms with Crippen molar-refractivity contribution >= 4 is 46.7 Å². The van der Waals surface area contributed by atoms with Crippen molar-refractivity contribution in [2.24, 2.45) is 0 Å². The minimum absolute atomic E-state index is 0.283. The van der Waals surface area contributed by atoms with Gasteiger partial charge in [0.15, 0.2) is 0 Å². The number of halogens is 3. The van der Waals surface area contributed by atoms with E-state index in [-0.39, 0.29) is 6.42 Å². The lowest BCUT2D eigenvalue weighted by molar-refractivity contribution is -0.147. The molecule has 1 amide bonds. The van der Waals surface area contributed by atoms with Crippen LogP contribution in [-0.4, -0.2) is 26.3 Å². The normalized spacial score (nSPS) is 15.3. The second-order valence-electron chi connectivity index (χ2n) is 3.69. The number of unbranched alkanes of at least 4 members (excludes halogenated alkanes) is 1. The van der Waals surface area contributed by atoms with Crippen LogP contribution >= 0.6 is 34.8 Å². The summed E-state index contributed by atoms with van der Waals surface area (Å²) >= 11 is 16.1. The van der Waals surface area contributed by atoms with Crippen LogP contribution in [-0.2, 0) is 9.59 Å². The van der Waals surface area contributed by atoms with Crippen molar-refractivity contribution in [1.29, 1.82) is 0 Å².